The number of nitrogens with zero attached hydrogens (tertiary/aromatic N) is 5. The first-order valence-electron chi connectivity index (χ1n) is 8.40. The normalized spacial score (nSPS) is 12.0. The summed E-state index contributed by atoms with van der Waals surface area (Å²) in [5.74, 6) is 2.46. The highest BCUT2D eigenvalue weighted by molar-refractivity contribution is 7.09. The van der Waals surface area contributed by atoms with Crippen molar-refractivity contribution in [2.75, 3.05) is 13.6 Å². The molecule has 0 saturated heterocycles. The van der Waals surface area contributed by atoms with Gasteiger partial charge in [0.15, 0.2) is 5.96 Å². The molecule has 2 aromatic heterocycles. The third-order valence-corrected chi connectivity index (χ3v) is 4.32. The Kier molecular flexibility index (Phi) is 6.78. The SMILES string of the molecule is CCNC(=NCc1nccn1CC(C)C)N(C)Cc1csc(C)n1. The Morgan fingerprint density at radius 1 is 1.46 bits per heavy atom. The van der Waals surface area contributed by atoms with Crippen molar-refractivity contribution >= 4 is 17.3 Å². The van der Waals surface area contributed by atoms with Crippen LogP contribution in [-0.4, -0.2) is 39.0 Å². The Balaban J connectivity index is 2.06. The second kappa shape index (κ2) is 8.82. The van der Waals surface area contributed by atoms with E-state index in [1.807, 2.05) is 26.4 Å². The molecular weight excluding hydrogens is 320 g/mol. The molecular formula is C17H28N6S. The fourth-order valence-electron chi connectivity index (χ4n) is 2.47. The molecule has 0 unspecified atom stereocenters. The summed E-state index contributed by atoms with van der Waals surface area (Å²) in [6.45, 7) is 11.6. The predicted octanol–water partition coefficient (Wildman–Crippen LogP) is 2.90. The minimum absolute atomic E-state index is 0.572. The molecule has 0 atom stereocenters. The molecule has 0 fully saturated rings. The average molecular weight is 349 g/mol. The monoisotopic (exact) mass is 348 g/mol. The zero-order valence-electron chi connectivity index (χ0n) is 15.3. The first-order valence-corrected chi connectivity index (χ1v) is 9.28. The number of aliphatic imine (C=N–C) groups is 1. The largest absolute Gasteiger partial charge is 0.357 e. The Morgan fingerprint density at radius 2 is 2.25 bits per heavy atom. The average Bonchev–Trinajstić information content (AvgIpc) is 3.12. The minimum Gasteiger partial charge on any atom is -0.357 e. The maximum Gasteiger partial charge on any atom is 0.194 e. The van der Waals surface area contributed by atoms with Crippen LogP contribution in [0.2, 0.25) is 0 Å². The van der Waals surface area contributed by atoms with Crippen molar-refractivity contribution in [2.24, 2.45) is 10.9 Å². The van der Waals surface area contributed by atoms with Crippen molar-refractivity contribution in [3.63, 3.8) is 0 Å². The van der Waals surface area contributed by atoms with Gasteiger partial charge in [-0.15, -0.1) is 11.3 Å². The lowest BCUT2D eigenvalue weighted by Crippen LogP contribution is -2.38. The van der Waals surface area contributed by atoms with E-state index in [0.29, 0.717) is 12.5 Å². The lowest BCUT2D eigenvalue weighted by atomic mass is 10.2. The van der Waals surface area contributed by atoms with Gasteiger partial charge in [0, 0.05) is 37.9 Å². The number of hydrogen-bond donors (Lipinski definition) is 1. The molecule has 0 aliphatic carbocycles. The molecule has 0 spiro atoms. The fraction of sp³-hybridized carbons (Fsp3) is 0.588. The molecule has 2 heterocycles. The van der Waals surface area contributed by atoms with E-state index in [0.717, 1.165) is 42.1 Å². The minimum atomic E-state index is 0.572. The van der Waals surface area contributed by atoms with Gasteiger partial charge in [-0.1, -0.05) is 13.8 Å². The molecule has 132 valence electrons. The molecule has 1 N–H and O–H groups in total. The van der Waals surface area contributed by atoms with Crippen molar-refractivity contribution in [3.8, 4) is 0 Å². The highest BCUT2D eigenvalue weighted by Gasteiger charge is 2.10. The van der Waals surface area contributed by atoms with Crippen LogP contribution in [0.15, 0.2) is 22.8 Å². The maximum atomic E-state index is 4.75. The number of rotatable bonds is 7. The Hall–Kier alpha value is -1.89. The summed E-state index contributed by atoms with van der Waals surface area (Å²) in [7, 11) is 2.04. The lowest BCUT2D eigenvalue weighted by Gasteiger charge is -2.21. The zero-order valence-corrected chi connectivity index (χ0v) is 16.1. The van der Waals surface area contributed by atoms with Crippen molar-refractivity contribution in [1.29, 1.82) is 0 Å². The van der Waals surface area contributed by atoms with Gasteiger partial charge in [-0.05, 0) is 19.8 Å². The summed E-state index contributed by atoms with van der Waals surface area (Å²) in [5.41, 5.74) is 1.08. The van der Waals surface area contributed by atoms with Gasteiger partial charge in [-0.3, -0.25) is 0 Å². The number of guanidine groups is 1. The number of aromatic nitrogens is 3. The molecule has 24 heavy (non-hydrogen) atoms. The molecule has 0 aliphatic heterocycles. The van der Waals surface area contributed by atoms with Crippen molar-refractivity contribution in [2.45, 2.75) is 47.3 Å². The van der Waals surface area contributed by atoms with E-state index in [1.165, 1.54) is 0 Å². The molecule has 0 aliphatic rings. The summed E-state index contributed by atoms with van der Waals surface area (Å²) in [4.78, 5) is 15.8. The standard InChI is InChI=1S/C17H28N6S/c1-6-18-17(22(5)11-15-12-24-14(4)21-15)20-9-16-19-7-8-23(16)10-13(2)3/h7-8,12-13H,6,9-11H2,1-5H3,(H,18,20). The third kappa shape index (κ3) is 5.33. The third-order valence-electron chi connectivity index (χ3n) is 3.50. The lowest BCUT2D eigenvalue weighted by molar-refractivity contribution is 0.468. The maximum absolute atomic E-state index is 4.75. The van der Waals surface area contributed by atoms with Crippen LogP contribution in [0.4, 0.5) is 0 Å². The van der Waals surface area contributed by atoms with Gasteiger partial charge in [0.25, 0.3) is 0 Å². The molecule has 0 bridgehead atoms. The van der Waals surface area contributed by atoms with Crippen LogP contribution in [0.1, 0.15) is 37.3 Å². The second-order valence-corrected chi connectivity index (χ2v) is 7.34. The van der Waals surface area contributed by atoms with Crippen LogP contribution >= 0.6 is 11.3 Å². The van der Waals surface area contributed by atoms with E-state index in [4.69, 9.17) is 4.99 Å². The van der Waals surface area contributed by atoms with Crippen LogP contribution < -0.4 is 5.32 Å². The zero-order chi connectivity index (χ0) is 17.5. The van der Waals surface area contributed by atoms with Crippen molar-refractivity contribution < 1.29 is 0 Å². The van der Waals surface area contributed by atoms with Crippen LogP contribution in [0.3, 0.4) is 0 Å². The summed E-state index contributed by atoms with van der Waals surface area (Å²) in [5, 5.41) is 6.54. The highest BCUT2D eigenvalue weighted by Crippen LogP contribution is 2.10. The number of aryl methyl sites for hydroxylation is 1. The van der Waals surface area contributed by atoms with Gasteiger partial charge in [-0.2, -0.15) is 0 Å². The second-order valence-electron chi connectivity index (χ2n) is 6.27. The van der Waals surface area contributed by atoms with Crippen LogP contribution in [-0.2, 0) is 19.6 Å². The van der Waals surface area contributed by atoms with Gasteiger partial charge >= 0.3 is 0 Å². The van der Waals surface area contributed by atoms with Crippen LogP contribution in [0, 0.1) is 12.8 Å². The van der Waals surface area contributed by atoms with E-state index < -0.39 is 0 Å². The molecule has 6 nitrogen and oxygen atoms in total. The van der Waals surface area contributed by atoms with E-state index in [-0.39, 0.29) is 0 Å². The molecule has 0 amide bonds. The van der Waals surface area contributed by atoms with E-state index in [2.05, 4.69) is 50.9 Å². The van der Waals surface area contributed by atoms with Gasteiger partial charge < -0.3 is 14.8 Å². The van der Waals surface area contributed by atoms with E-state index in [9.17, 15) is 0 Å². The van der Waals surface area contributed by atoms with Crippen LogP contribution in [0.25, 0.3) is 0 Å². The number of thiazole rings is 1. The number of imidazole rings is 1. The van der Waals surface area contributed by atoms with Gasteiger partial charge in [-0.25, -0.2) is 15.0 Å². The Labute approximate surface area is 148 Å². The summed E-state index contributed by atoms with van der Waals surface area (Å²) in [6, 6.07) is 0. The topological polar surface area (TPSA) is 58.3 Å². The Bertz CT molecular complexity index is 658. The van der Waals surface area contributed by atoms with Gasteiger partial charge in [0.2, 0.25) is 0 Å². The fourth-order valence-corrected chi connectivity index (χ4v) is 3.07. The summed E-state index contributed by atoms with van der Waals surface area (Å²) >= 11 is 1.68. The van der Waals surface area contributed by atoms with Gasteiger partial charge in [0.1, 0.15) is 12.4 Å². The van der Waals surface area contributed by atoms with Crippen LogP contribution in [0.5, 0.6) is 0 Å². The predicted molar refractivity (Wildman–Crippen MR) is 100 cm³/mol. The van der Waals surface area contributed by atoms with Gasteiger partial charge in [0.05, 0.1) is 17.2 Å². The summed E-state index contributed by atoms with van der Waals surface area (Å²) in [6.07, 6.45) is 3.88. The van der Waals surface area contributed by atoms with E-state index in [1.54, 1.807) is 11.3 Å². The number of nitrogens with one attached hydrogen (secondary N) is 1. The molecule has 0 radical (unpaired) electrons. The molecule has 2 aromatic rings. The highest BCUT2D eigenvalue weighted by atomic mass is 32.1. The number of hydrogen-bond acceptors (Lipinski definition) is 4. The quantitative estimate of drug-likeness (QED) is 0.617. The molecule has 2 rings (SSSR count). The molecule has 0 saturated carbocycles. The van der Waals surface area contributed by atoms with Crippen molar-refractivity contribution in [1.82, 2.24) is 24.8 Å². The first-order chi connectivity index (χ1) is 11.5. The first kappa shape index (κ1) is 18.4. The summed E-state index contributed by atoms with van der Waals surface area (Å²) < 4.78 is 2.18. The smallest absolute Gasteiger partial charge is 0.194 e. The van der Waals surface area contributed by atoms with Crippen molar-refractivity contribution in [3.05, 3.63) is 34.3 Å². The Morgan fingerprint density at radius 3 is 2.88 bits per heavy atom. The molecule has 0 aromatic carbocycles. The van der Waals surface area contributed by atoms with E-state index >= 15 is 0 Å². The molecule has 7 heteroatoms.